The summed E-state index contributed by atoms with van der Waals surface area (Å²) in [6, 6.07) is 1.92. The summed E-state index contributed by atoms with van der Waals surface area (Å²) in [5.74, 6) is 0. The molecule has 0 aliphatic heterocycles. The molecular formula is C6H11BN2O. The molecule has 0 atom stereocenters. The van der Waals surface area contributed by atoms with E-state index >= 15 is 0 Å². The van der Waals surface area contributed by atoms with Crippen LogP contribution in [0.15, 0.2) is 12.3 Å². The third-order valence-electron chi connectivity index (χ3n) is 1.61. The number of aromatic nitrogens is 1. The van der Waals surface area contributed by atoms with Gasteiger partial charge in [-0.25, -0.2) is 0 Å². The SMILES string of the molecule is Cc1ccn(C)c1B(N)O. The van der Waals surface area contributed by atoms with Gasteiger partial charge in [0.25, 0.3) is 0 Å². The smallest absolute Gasteiger partial charge is 0.427 e. The predicted molar refractivity (Wildman–Crippen MR) is 41.9 cm³/mol. The van der Waals surface area contributed by atoms with E-state index in [1.165, 1.54) is 0 Å². The molecule has 10 heavy (non-hydrogen) atoms. The molecule has 3 N–H and O–H groups in total. The summed E-state index contributed by atoms with van der Waals surface area (Å²) < 4.78 is 1.82. The minimum absolute atomic E-state index is 0.778. The quantitative estimate of drug-likeness (QED) is 0.488. The highest BCUT2D eigenvalue weighted by molar-refractivity contribution is 6.62. The second-order valence-corrected chi connectivity index (χ2v) is 2.44. The van der Waals surface area contributed by atoms with E-state index in [0.29, 0.717) is 0 Å². The van der Waals surface area contributed by atoms with Crippen molar-refractivity contribution >= 4 is 12.6 Å². The van der Waals surface area contributed by atoms with Crippen molar-refractivity contribution in [3.05, 3.63) is 17.8 Å². The fourth-order valence-corrected chi connectivity index (χ4v) is 1.11. The van der Waals surface area contributed by atoms with Gasteiger partial charge in [-0.3, -0.25) is 0 Å². The van der Waals surface area contributed by atoms with Gasteiger partial charge in [-0.05, 0) is 18.6 Å². The highest BCUT2D eigenvalue weighted by Crippen LogP contribution is 1.93. The molecule has 0 unspecified atom stereocenters. The van der Waals surface area contributed by atoms with E-state index in [2.05, 4.69) is 0 Å². The van der Waals surface area contributed by atoms with Crippen LogP contribution in [-0.4, -0.2) is 16.6 Å². The second-order valence-electron chi connectivity index (χ2n) is 2.44. The molecule has 0 fully saturated rings. The molecule has 1 rings (SSSR count). The lowest BCUT2D eigenvalue weighted by Crippen LogP contribution is -2.44. The van der Waals surface area contributed by atoms with Crippen molar-refractivity contribution in [1.29, 1.82) is 0 Å². The van der Waals surface area contributed by atoms with E-state index in [1.807, 2.05) is 30.8 Å². The molecule has 1 aromatic rings. The Morgan fingerprint density at radius 2 is 2.30 bits per heavy atom. The van der Waals surface area contributed by atoms with Gasteiger partial charge >= 0.3 is 7.05 Å². The van der Waals surface area contributed by atoms with E-state index in [1.54, 1.807) is 0 Å². The third kappa shape index (κ3) is 1.08. The van der Waals surface area contributed by atoms with Crippen molar-refractivity contribution in [2.75, 3.05) is 0 Å². The molecule has 54 valence electrons. The zero-order valence-electron chi connectivity index (χ0n) is 6.20. The fourth-order valence-electron chi connectivity index (χ4n) is 1.11. The molecule has 0 aromatic carbocycles. The summed E-state index contributed by atoms with van der Waals surface area (Å²) in [6.07, 6.45) is 1.88. The Bertz CT molecular complexity index is 212. The Balaban J connectivity index is 3.10. The van der Waals surface area contributed by atoms with E-state index in [9.17, 15) is 0 Å². The first-order valence-electron chi connectivity index (χ1n) is 3.18. The van der Waals surface area contributed by atoms with Crippen LogP contribution < -0.4 is 11.2 Å². The first-order valence-corrected chi connectivity index (χ1v) is 3.18. The van der Waals surface area contributed by atoms with E-state index in [-0.39, 0.29) is 0 Å². The molecule has 0 saturated heterocycles. The van der Waals surface area contributed by atoms with E-state index in [4.69, 9.17) is 10.7 Å². The monoisotopic (exact) mass is 138 g/mol. The van der Waals surface area contributed by atoms with Crippen LogP contribution in [0.3, 0.4) is 0 Å². The number of nitrogens with zero attached hydrogens (tertiary/aromatic N) is 1. The average molecular weight is 138 g/mol. The second kappa shape index (κ2) is 2.48. The Kier molecular flexibility index (Phi) is 1.83. The average Bonchev–Trinajstić information content (AvgIpc) is 2.11. The van der Waals surface area contributed by atoms with Crippen molar-refractivity contribution < 1.29 is 5.02 Å². The molecule has 3 nitrogen and oxygen atoms in total. The maximum Gasteiger partial charge on any atom is 0.427 e. The minimum atomic E-state index is -0.861. The first kappa shape index (κ1) is 7.37. The number of nitrogens with two attached hydrogens (primary N) is 1. The van der Waals surface area contributed by atoms with E-state index < -0.39 is 7.05 Å². The van der Waals surface area contributed by atoms with Gasteiger partial charge in [0.1, 0.15) is 0 Å². The van der Waals surface area contributed by atoms with E-state index in [0.717, 1.165) is 11.2 Å². The molecule has 1 heterocycles. The van der Waals surface area contributed by atoms with Gasteiger partial charge in [0, 0.05) is 18.8 Å². The summed E-state index contributed by atoms with van der Waals surface area (Å²) >= 11 is 0. The highest BCUT2D eigenvalue weighted by atomic mass is 16.2. The number of hydrogen-bond acceptors (Lipinski definition) is 2. The maximum atomic E-state index is 9.03. The van der Waals surface area contributed by atoms with Crippen molar-refractivity contribution in [2.45, 2.75) is 6.92 Å². The van der Waals surface area contributed by atoms with Crippen LogP contribution in [0.2, 0.25) is 0 Å². The first-order chi connectivity index (χ1) is 4.63. The standard InChI is InChI=1S/C6H11BN2O/c1-5-3-4-9(2)6(5)7(8)10/h3-4,10H,8H2,1-2H3. The zero-order valence-corrected chi connectivity index (χ0v) is 6.20. The van der Waals surface area contributed by atoms with Crippen LogP contribution in [0.5, 0.6) is 0 Å². The molecule has 0 amide bonds. The maximum absolute atomic E-state index is 9.03. The van der Waals surface area contributed by atoms with Gasteiger partial charge in [-0.1, -0.05) is 0 Å². The summed E-state index contributed by atoms with van der Waals surface area (Å²) in [5.41, 5.74) is 7.10. The lowest BCUT2D eigenvalue weighted by atomic mass is 9.79. The molecule has 0 saturated carbocycles. The fraction of sp³-hybridized carbons (Fsp3) is 0.333. The lowest BCUT2D eigenvalue weighted by Gasteiger charge is -2.02. The van der Waals surface area contributed by atoms with Crippen LogP contribution in [0.4, 0.5) is 0 Å². The number of rotatable bonds is 1. The van der Waals surface area contributed by atoms with Gasteiger partial charge < -0.3 is 15.2 Å². The molecule has 0 aliphatic rings. The molecule has 4 heteroatoms. The Morgan fingerprint density at radius 1 is 1.70 bits per heavy atom. The lowest BCUT2D eigenvalue weighted by molar-refractivity contribution is 0.584. The van der Waals surface area contributed by atoms with Crippen molar-refractivity contribution in [1.82, 2.24) is 4.57 Å². The van der Waals surface area contributed by atoms with Crippen molar-refractivity contribution in [2.24, 2.45) is 12.7 Å². The molecule has 0 spiro atoms. The van der Waals surface area contributed by atoms with Gasteiger partial charge in [0.2, 0.25) is 0 Å². The molecule has 0 radical (unpaired) electrons. The third-order valence-corrected chi connectivity index (χ3v) is 1.61. The summed E-state index contributed by atoms with van der Waals surface area (Å²) in [5, 5.41) is 9.03. The van der Waals surface area contributed by atoms with Crippen LogP contribution in [0.25, 0.3) is 0 Å². The zero-order chi connectivity index (χ0) is 7.72. The van der Waals surface area contributed by atoms with Gasteiger partial charge in [-0.15, -0.1) is 0 Å². The highest BCUT2D eigenvalue weighted by Gasteiger charge is 2.13. The van der Waals surface area contributed by atoms with Gasteiger partial charge in [0.05, 0.1) is 0 Å². The van der Waals surface area contributed by atoms with Crippen LogP contribution >= 0.6 is 0 Å². The number of aryl methyl sites for hydroxylation is 2. The topological polar surface area (TPSA) is 51.2 Å². The Labute approximate surface area is 60.6 Å². The predicted octanol–water partition coefficient (Wildman–Crippen LogP) is -1.02. The van der Waals surface area contributed by atoms with Crippen LogP contribution in [0, 0.1) is 6.92 Å². The van der Waals surface area contributed by atoms with Crippen molar-refractivity contribution in [3.63, 3.8) is 0 Å². The Morgan fingerprint density at radius 3 is 2.50 bits per heavy atom. The van der Waals surface area contributed by atoms with Crippen LogP contribution in [-0.2, 0) is 7.05 Å². The normalized spacial score (nSPS) is 10.0. The molecule has 0 aliphatic carbocycles. The molecule has 0 bridgehead atoms. The minimum Gasteiger partial charge on any atom is -0.433 e. The van der Waals surface area contributed by atoms with Crippen LogP contribution in [0.1, 0.15) is 5.56 Å². The number of hydrogen-bond donors (Lipinski definition) is 2. The Hall–Kier alpha value is -0.735. The largest absolute Gasteiger partial charge is 0.433 e. The molecule has 1 aromatic heterocycles. The van der Waals surface area contributed by atoms with Crippen molar-refractivity contribution in [3.8, 4) is 0 Å². The molecular weight excluding hydrogens is 127 g/mol. The summed E-state index contributed by atoms with van der Waals surface area (Å²) in [7, 11) is 0.998. The van der Waals surface area contributed by atoms with Gasteiger partial charge in [0.15, 0.2) is 0 Å². The summed E-state index contributed by atoms with van der Waals surface area (Å²) in [4.78, 5) is 0. The summed E-state index contributed by atoms with van der Waals surface area (Å²) in [6.45, 7) is 1.92. The van der Waals surface area contributed by atoms with Gasteiger partial charge in [-0.2, -0.15) is 0 Å².